The van der Waals surface area contributed by atoms with Gasteiger partial charge in [0.05, 0.1) is 5.52 Å². The van der Waals surface area contributed by atoms with E-state index < -0.39 is 0 Å². The molecule has 7 heteroatoms. The highest BCUT2D eigenvalue weighted by Gasteiger charge is 2.22. The van der Waals surface area contributed by atoms with E-state index in [0.717, 1.165) is 11.9 Å². The second-order valence-corrected chi connectivity index (χ2v) is 7.89. The molecule has 1 saturated carbocycles. The average molecular weight is 366 g/mol. The summed E-state index contributed by atoms with van der Waals surface area (Å²) in [5.74, 6) is 0.634. The minimum absolute atomic E-state index is 0.0648. The molecule has 0 spiro atoms. The van der Waals surface area contributed by atoms with E-state index in [0.29, 0.717) is 40.8 Å². The number of thiophene rings is 1. The van der Waals surface area contributed by atoms with Crippen LogP contribution in [0.3, 0.4) is 0 Å². The number of nitrogens with zero attached hydrogens (tertiary/aromatic N) is 1. The van der Waals surface area contributed by atoms with Crippen molar-refractivity contribution in [1.82, 2.24) is 14.9 Å². The minimum Gasteiger partial charge on any atom is -0.353 e. The Kier molecular flexibility index (Phi) is 5.50. The van der Waals surface area contributed by atoms with Crippen molar-refractivity contribution in [3.8, 4) is 0 Å². The number of fused-ring (bicyclic) bond motifs is 1. The molecular formula is C17H23N3O2S2. The lowest BCUT2D eigenvalue weighted by atomic mass is 9.86. The number of hydrogen-bond donors (Lipinski definition) is 2. The van der Waals surface area contributed by atoms with Gasteiger partial charge in [0.2, 0.25) is 5.91 Å². The van der Waals surface area contributed by atoms with Crippen molar-refractivity contribution in [2.75, 3.05) is 0 Å². The first kappa shape index (κ1) is 17.4. The Morgan fingerprint density at radius 2 is 2.25 bits per heavy atom. The van der Waals surface area contributed by atoms with Crippen LogP contribution < -0.4 is 10.9 Å². The number of aromatic amines is 1. The lowest BCUT2D eigenvalue weighted by molar-refractivity contribution is -0.122. The molecule has 1 amide bonds. The summed E-state index contributed by atoms with van der Waals surface area (Å²) in [4.78, 5) is 27.7. The zero-order valence-electron chi connectivity index (χ0n) is 13.8. The van der Waals surface area contributed by atoms with Crippen LogP contribution >= 0.6 is 23.6 Å². The number of carbonyl (C=O) groups excluding carboxylic acids is 1. The van der Waals surface area contributed by atoms with E-state index in [-0.39, 0.29) is 11.5 Å². The molecule has 0 bridgehead atoms. The van der Waals surface area contributed by atoms with Crippen LogP contribution in [0.4, 0.5) is 0 Å². The molecule has 1 aliphatic rings. The molecule has 0 unspecified atom stereocenters. The third-order valence-electron chi connectivity index (χ3n) is 4.83. The van der Waals surface area contributed by atoms with Crippen LogP contribution in [0.2, 0.25) is 0 Å². The number of aromatic nitrogens is 2. The Balaban J connectivity index is 1.57. The quantitative estimate of drug-likeness (QED) is 0.796. The molecule has 3 rings (SSSR count). The van der Waals surface area contributed by atoms with E-state index in [1.165, 1.54) is 30.6 Å². The van der Waals surface area contributed by atoms with Gasteiger partial charge in [-0.2, -0.15) is 0 Å². The fourth-order valence-electron chi connectivity index (χ4n) is 3.38. The monoisotopic (exact) mass is 365 g/mol. The van der Waals surface area contributed by atoms with Gasteiger partial charge in [-0.3, -0.25) is 14.2 Å². The van der Waals surface area contributed by atoms with Gasteiger partial charge in [-0.15, -0.1) is 11.3 Å². The Morgan fingerprint density at radius 1 is 1.46 bits per heavy atom. The van der Waals surface area contributed by atoms with Gasteiger partial charge in [0.25, 0.3) is 5.56 Å². The summed E-state index contributed by atoms with van der Waals surface area (Å²) in [5, 5.41) is 5.03. The first-order valence-corrected chi connectivity index (χ1v) is 9.84. The minimum atomic E-state index is -0.0648. The largest absolute Gasteiger partial charge is 0.353 e. The molecule has 1 aliphatic carbocycles. The van der Waals surface area contributed by atoms with Crippen molar-refractivity contribution in [3.63, 3.8) is 0 Å². The van der Waals surface area contributed by atoms with Crippen LogP contribution in [-0.4, -0.2) is 21.5 Å². The Labute approximate surface area is 150 Å². The standard InChI is InChI=1S/C17H23N3O2S2/c1-11-5-2-3-6-12(11)18-14(21)7-4-9-20-16(22)15-13(8-10-24-15)19-17(20)23/h8,10-12H,2-7,9H2,1H3,(H,18,21)(H,19,23)/t11-,12+/m0/s1. The first-order valence-electron chi connectivity index (χ1n) is 8.56. The van der Waals surface area contributed by atoms with E-state index in [4.69, 9.17) is 12.2 Å². The van der Waals surface area contributed by atoms with Crippen molar-refractivity contribution in [1.29, 1.82) is 0 Å². The number of carbonyl (C=O) groups is 1. The van der Waals surface area contributed by atoms with Crippen LogP contribution in [0.25, 0.3) is 10.2 Å². The Hall–Kier alpha value is -1.47. The molecule has 2 aromatic heterocycles. The molecule has 0 radical (unpaired) electrons. The summed E-state index contributed by atoms with van der Waals surface area (Å²) in [5.41, 5.74) is 0.723. The highest BCUT2D eigenvalue weighted by Crippen LogP contribution is 2.23. The van der Waals surface area contributed by atoms with Crippen LogP contribution in [-0.2, 0) is 11.3 Å². The van der Waals surface area contributed by atoms with Gasteiger partial charge in [-0.25, -0.2) is 0 Å². The third kappa shape index (κ3) is 3.78. The van der Waals surface area contributed by atoms with Crippen LogP contribution in [0.5, 0.6) is 0 Å². The second kappa shape index (κ2) is 7.61. The summed E-state index contributed by atoms with van der Waals surface area (Å²) in [6.45, 7) is 2.68. The van der Waals surface area contributed by atoms with Crippen LogP contribution in [0, 0.1) is 10.7 Å². The molecule has 2 atom stereocenters. The highest BCUT2D eigenvalue weighted by molar-refractivity contribution is 7.71. The molecule has 2 aromatic rings. The molecule has 0 saturated heterocycles. The summed E-state index contributed by atoms with van der Waals surface area (Å²) in [6, 6.07) is 2.17. The SMILES string of the molecule is C[C@H]1CCCC[C@H]1NC(=O)CCCn1c(=S)[nH]c2ccsc2c1=O. The maximum Gasteiger partial charge on any atom is 0.272 e. The molecule has 0 aromatic carbocycles. The number of hydrogen-bond acceptors (Lipinski definition) is 4. The smallest absolute Gasteiger partial charge is 0.272 e. The van der Waals surface area contributed by atoms with Gasteiger partial charge in [-0.1, -0.05) is 19.8 Å². The van der Waals surface area contributed by atoms with E-state index >= 15 is 0 Å². The topological polar surface area (TPSA) is 66.9 Å². The molecule has 5 nitrogen and oxygen atoms in total. The lowest BCUT2D eigenvalue weighted by Gasteiger charge is -2.29. The molecule has 24 heavy (non-hydrogen) atoms. The molecule has 0 aliphatic heterocycles. The van der Waals surface area contributed by atoms with Gasteiger partial charge in [-0.05, 0) is 48.8 Å². The predicted molar refractivity (Wildman–Crippen MR) is 100 cm³/mol. The maximum atomic E-state index is 12.4. The van der Waals surface area contributed by atoms with Gasteiger partial charge in [0, 0.05) is 19.0 Å². The lowest BCUT2D eigenvalue weighted by Crippen LogP contribution is -2.41. The Bertz CT molecular complexity index is 836. The van der Waals surface area contributed by atoms with Crippen molar-refractivity contribution in [2.24, 2.45) is 5.92 Å². The maximum absolute atomic E-state index is 12.4. The normalized spacial score (nSPS) is 21.0. The number of amides is 1. The molecular weight excluding hydrogens is 342 g/mol. The molecule has 2 heterocycles. The van der Waals surface area contributed by atoms with Crippen molar-refractivity contribution < 1.29 is 4.79 Å². The summed E-state index contributed by atoms with van der Waals surface area (Å²) >= 11 is 6.68. The molecule has 1 fully saturated rings. The zero-order chi connectivity index (χ0) is 17.1. The van der Waals surface area contributed by atoms with Crippen LogP contribution in [0.15, 0.2) is 16.2 Å². The van der Waals surface area contributed by atoms with Crippen LogP contribution in [0.1, 0.15) is 45.4 Å². The van der Waals surface area contributed by atoms with E-state index in [1.807, 2.05) is 11.4 Å². The number of nitrogens with one attached hydrogen (secondary N) is 2. The third-order valence-corrected chi connectivity index (χ3v) is 6.06. The fourth-order valence-corrected chi connectivity index (χ4v) is 4.46. The number of rotatable bonds is 5. The Morgan fingerprint density at radius 3 is 3.04 bits per heavy atom. The van der Waals surface area contributed by atoms with Crippen molar-refractivity contribution >= 4 is 39.7 Å². The zero-order valence-corrected chi connectivity index (χ0v) is 15.5. The van der Waals surface area contributed by atoms with Crippen molar-refractivity contribution in [2.45, 2.75) is 58.0 Å². The predicted octanol–water partition coefficient (Wildman–Crippen LogP) is 3.60. The second-order valence-electron chi connectivity index (χ2n) is 6.59. The summed E-state index contributed by atoms with van der Waals surface area (Å²) < 4.78 is 2.67. The first-order chi connectivity index (χ1) is 11.6. The summed E-state index contributed by atoms with van der Waals surface area (Å²) in [6.07, 6.45) is 5.76. The molecule has 2 N–H and O–H groups in total. The van der Waals surface area contributed by atoms with Gasteiger partial charge in [0.1, 0.15) is 4.70 Å². The number of H-pyrrole nitrogens is 1. The summed E-state index contributed by atoms with van der Waals surface area (Å²) in [7, 11) is 0. The van der Waals surface area contributed by atoms with E-state index in [1.54, 1.807) is 4.57 Å². The van der Waals surface area contributed by atoms with Crippen molar-refractivity contribution in [3.05, 3.63) is 26.6 Å². The van der Waals surface area contributed by atoms with Gasteiger partial charge >= 0.3 is 0 Å². The fraction of sp³-hybridized carbons (Fsp3) is 0.588. The highest BCUT2D eigenvalue weighted by atomic mass is 32.1. The van der Waals surface area contributed by atoms with E-state index in [2.05, 4.69) is 17.2 Å². The average Bonchev–Trinajstić information content (AvgIpc) is 3.01. The van der Waals surface area contributed by atoms with Gasteiger partial charge < -0.3 is 10.3 Å². The molecule has 130 valence electrons. The van der Waals surface area contributed by atoms with Gasteiger partial charge in [0.15, 0.2) is 4.77 Å². The van der Waals surface area contributed by atoms with E-state index in [9.17, 15) is 9.59 Å².